The topological polar surface area (TPSA) is 86.2 Å². The standard InChI is InChI=1S/C8H13N2O2/c1-8(6(9)11,7(10)12)4-5-2-3-5/h4-5H,2-3H2,1H3,(H2,9,11)(H2,10,12). The summed E-state index contributed by atoms with van der Waals surface area (Å²) in [5.74, 6) is -0.987. The van der Waals surface area contributed by atoms with Crippen LogP contribution in [-0.2, 0) is 9.59 Å². The quantitative estimate of drug-likeness (QED) is 0.560. The molecule has 67 valence electrons. The highest BCUT2D eigenvalue weighted by Crippen LogP contribution is 2.39. The molecule has 0 aromatic carbocycles. The first kappa shape index (κ1) is 9.03. The zero-order valence-electron chi connectivity index (χ0n) is 7.04. The number of hydrogen-bond acceptors (Lipinski definition) is 2. The van der Waals surface area contributed by atoms with E-state index in [0.29, 0.717) is 5.92 Å². The lowest BCUT2D eigenvalue weighted by Gasteiger charge is -2.20. The molecule has 4 heteroatoms. The molecule has 4 N–H and O–H groups in total. The Kier molecular flexibility index (Phi) is 2.08. The number of primary amides is 2. The fourth-order valence-electron chi connectivity index (χ4n) is 1.02. The number of nitrogens with two attached hydrogens (primary N) is 2. The predicted octanol–water partition coefficient (Wildman–Crippen LogP) is -0.422. The Morgan fingerprint density at radius 1 is 1.33 bits per heavy atom. The monoisotopic (exact) mass is 169 g/mol. The summed E-state index contributed by atoms with van der Waals surface area (Å²) >= 11 is 0. The molecule has 2 amide bonds. The number of carbonyl (C=O) groups excluding carboxylic acids is 2. The predicted molar refractivity (Wildman–Crippen MR) is 43.5 cm³/mol. The second-order valence-electron chi connectivity index (χ2n) is 3.43. The van der Waals surface area contributed by atoms with Crippen LogP contribution in [0.5, 0.6) is 0 Å². The van der Waals surface area contributed by atoms with Gasteiger partial charge in [0.15, 0.2) is 0 Å². The molecular formula is C8H13N2O2. The highest BCUT2D eigenvalue weighted by atomic mass is 16.2. The van der Waals surface area contributed by atoms with Gasteiger partial charge in [-0.2, -0.15) is 0 Å². The van der Waals surface area contributed by atoms with Crippen LogP contribution in [0.15, 0.2) is 0 Å². The highest BCUT2D eigenvalue weighted by Gasteiger charge is 2.42. The minimum Gasteiger partial charge on any atom is -0.369 e. The van der Waals surface area contributed by atoms with Crippen LogP contribution in [0.25, 0.3) is 0 Å². The lowest BCUT2D eigenvalue weighted by molar-refractivity contribution is -0.136. The second kappa shape index (κ2) is 2.77. The Morgan fingerprint density at radius 3 is 2.00 bits per heavy atom. The maximum Gasteiger partial charge on any atom is 0.233 e. The number of amides is 2. The van der Waals surface area contributed by atoms with Crippen LogP contribution >= 0.6 is 0 Å². The summed E-state index contributed by atoms with van der Waals surface area (Å²) < 4.78 is 0. The minimum atomic E-state index is -1.26. The molecule has 0 aromatic heterocycles. The molecule has 0 aromatic rings. The zero-order chi connectivity index (χ0) is 9.35. The molecule has 0 spiro atoms. The van der Waals surface area contributed by atoms with Crippen LogP contribution in [0.1, 0.15) is 19.8 Å². The zero-order valence-corrected chi connectivity index (χ0v) is 7.04. The van der Waals surface area contributed by atoms with Crippen LogP contribution in [0, 0.1) is 17.8 Å². The van der Waals surface area contributed by atoms with Crippen LogP contribution in [0.2, 0.25) is 0 Å². The van der Waals surface area contributed by atoms with Gasteiger partial charge in [0.25, 0.3) is 0 Å². The van der Waals surface area contributed by atoms with Gasteiger partial charge in [0.05, 0.1) is 0 Å². The van der Waals surface area contributed by atoms with Crippen LogP contribution in [-0.4, -0.2) is 11.8 Å². The maximum atomic E-state index is 10.9. The molecule has 0 unspecified atom stereocenters. The highest BCUT2D eigenvalue weighted by molar-refractivity contribution is 6.04. The molecule has 1 rings (SSSR count). The maximum absolute atomic E-state index is 10.9. The van der Waals surface area contributed by atoms with E-state index in [1.807, 2.05) is 0 Å². The molecular weight excluding hydrogens is 156 g/mol. The van der Waals surface area contributed by atoms with E-state index in [-0.39, 0.29) is 0 Å². The van der Waals surface area contributed by atoms with Crippen molar-refractivity contribution in [2.75, 3.05) is 0 Å². The molecule has 1 saturated carbocycles. The van der Waals surface area contributed by atoms with Crippen LogP contribution in [0.4, 0.5) is 0 Å². The molecule has 0 heterocycles. The van der Waals surface area contributed by atoms with Crippen molar-refractivity contribution in [2.24, 2.45) is 22.8 Å². The van der Waals surface area contributed by atoms with Crippen molar-refractivity contribution in [1.82, 2.24) is 0 Å². The van der Waals surface area contributed by atoms with Crippen molar-refractivity contribution in [1.29, 1.82) is 0 Å². The third-order valence-corrected chi connectivity index (χ3v) is 2.21. The minimum absolute atomic E-state index is 0.343. The van der Waals surface area contributed by atoms with Crippen molar-refractivity contribution in [3.63, 3.8) is 0 Å². The molecule has 1 aliphatic rings. The Hall–Kier alpha value is -1.06. The summed E-state index contributed by atoms with van der Waals surface area (Å²) in [4.78, 5) is 21.8. The molecule has 12 heavy (non-hydrogen) atoms. The molecule has 0 saturated heterocycles. The first-order valence-corrected chi connectivity index (χ1v) is 3.92. The first-order chi connectivity index (χ1) is 5.47. The van der Waals surface area contributed by atoms with Gasteiger partial charge in [0.2, 0.25) is 11.8 Å². The Balaban J connectivity index is 2.69. The smallest absolute Gasteiger partial charge is 0.233 e. The molecule has 1 radical (unpaired) electrons. The van der Waals surface area contributed by atoms with Crippen LogP contribution in [0.3, 0.4) is 0 Å². The van der Waals surface area contributed by atoms with Gasteiger partial charge < -0.3 is 11.5 Å². The summed E-state index contributed by atoms with van der Waals surface area (Å²) in [7, 11) is 0. The molecule has 0 bridgehead atoms. The van der Waals surface area contributed by atoms with Gasteiger partial charge in [0, 0.05) is 0 Å². The van der Waals surface area contributed by atoms with E-state index < -0.39 is 17.2 Å². The third-order valence-electron chi connectivity index (χ3n) is 2.21. The summed E-state index contributed by atoms with van der Waals surface area (Å²) in [6, 6.07) is 0. The summed E-state index contributed by atoms with van der Waals surface area (Å²) in [6.45, 7) is 1.47. The molecule has 1 fully saturated rings. The SMILES string of the molecule is CC([CH]C1CC1)(C(N)=O)C(N)=O. The van der Waals surface area contributed by atoms with Gasteiger partial charge in [-0.3, -0.25) is 9.59 Å². The normalized spacial score (nSPS) is 17.4. The summed E-state index contributed by atoms with van der Waals surface area (Å²) in [5, 5.41) is 0. The van der Waals surface area contributed by atoms with E-state index in [1.54, 1.807) is 6.42 Å². The number of rotatable bonds is 4. The van der Waals surface area contributed by atoms with E-state index in [9.17, 15) is 9.59 Å². The molecule has 4 nitrogen and oxygen atoms in total. The number of carbonyl (C=O) groups is 2. The van der Waals surface area contributed by atoms with E-state index in [1.165, 1.54) is 6.92 Å². The van der Waals surface area contributed by atoms with Gasteiger partial charge in [-0.15, -0.1) is 0 Å². The average molecular weight is 169 g/mol. The van der Waals surface area contributed by atoms with E-state index >= 15 is 0 Å². The average Bonchev–Trinajstić information content (AvgIpc) is 2.70. The Labute approximate surface area is 71.3 Å². The van der Waals surface area contributed by atoms with Gasteiger partial charge in [-0.05, 0) is 32.1 Å². The van der Waals surface area contributed by atoms with Crippen molar-refractivity contribution >= 4 is 11.8 Å². The fourth-order valence-corrected chi connectivity index (χ4v) is 1.02. The molecule has 1 aliphatic carbocycles. The van der Waals surface area contributed by atoms with Crippen molar-refractivity contribution in [2.45, 2.75) is 19.8 Å². The number of hydrogen-bond donors (Lipinski definition) is 2. The van der Waals surface area contributed by atoms with Gasteiger partial charge in [-0.1, -0.05) is 0 Å². The van der Waals surface area contributed by atoms with Crippen molar-refractivity contribution in [3.05, 3.63) is 6.42 Å². The van der Waals surface area contributed by atoms with Gasteiger partial charge >= 0.3 is 0 Å². The van der Waals surface area contributed by atoms with E-state index in [4.69, 9.17) is 11.5 Å². The van der Waals surface area contributed by atoms with Crippen molar-refractivity contribution in [3.8, 4) is 0 Å². The first-order valence-electron chi connectivity index (χ1n) is 3.92. The van der Waals surface area contributed by atoms with Crippen molar-refractivity contribution < 1.29 is 9.59 Å². The molecule has 0 atom stereocenters. The summed E-state index contributed by atoms with van der Waals surface area (Å²) in [5.41, 5.74) is 8.89. The van der Waals surface area contributed by atoms with Gasteiger partial charge in [-0.25, -0.2) is 0 Å². The lowest BCUT2D eigenvalue weighted by Crippen LogP contribution is -2.46. The fraction of sp³-hybridized carbons (Fsp3) is 0.625. The third kappa shape index (κ3) is 1.57. The van der Waals surface area contributed by atoms with Crippen LogP contribution < -0.4 is 11.5 Å². The second-order valence-corrected chi connectivity index (χ2v) is 3.43. The Morgan fingerprint density at radius 2 is 1.75 bits per heavy atom. The van der Waals surface area contributed by atoms with E-state index in [2.05, 4.69) is 0 Å². The largest absolute Gasteiger partial charge is 0.369 e. The summed E-state index contributed by atoms with van der Waals surface area (Å²) in [6.07, 6.45) is 3.71. The van der Waals surface area contributed by atoms with Gasteiger partial charge in [0.1, 0.15) is 5.41 Å². The van der Waals surface area contributed by atoms with E-state index in [0.717, 1.165) is 12.8 Å². The lowest BCUT2D eigenvalue weighted by atomic mass is 9.83. The molecule has 0 aliphatic heterocycles. The Bertz CT molecular complexity index is 207.